The van der Waals surface area contributed by atoms with Gasteiger partial charge in [-0.1, -0.05) is 44.2 Å². The normalized spacial score (nSPS) is 21.0. The van der Waals surface area contributed by atoms with E-state index in [-0.39, 0.29) is 0 Å². The Hall–Kier alpha value is -4.57. The Morgan fingerprint density at radius 3 is 2.02 bits per heavy atom. The lowest BCUT2D eigenvalue weighted by molar-refractivity contribution is -0.150. The van der Waals surface area contributed by atoms with Crippen LogP contribution in [0.4, 0.5) is 11.4 Å². The first kappa shape index (κ1) is 34.3. The van der Waals surface area contributed by atoms with E-state index in [9.17, 15) is 19.5 Å². The molecular formula is C36H44N2O8. The Morgan fingerprint density at radius 2 is 1.46 bits per heavy atom. The van der Waals surface area contributed by atoms with Crippen molar-refractivity contribution >= 4 is 29.0 Å². The molecule has 3 N–H and O–H groups in total. The van der Waals surface area contributed by atoms with E-state index in [0.717, 1.165) is 6.42 Å². The predicted octanol–water partition coefficient (Wildman–Crippen LogP) is 5.84. The Morgan fingerprint density at radius 1 is 0.870 bits per heavy atom. The monoisotopic (exact) mass is 632 g/mol. The number of hydrogen-bond acceptors (Lipinski definition) is 8. The molecule has 0 aliphatic heterocycles. The van der Waals surface area contributed by atoms with Crippen molar-refractivity contribution in [2.45, 2.75) is 52.1 Å². The van der Waals surface area contributed by atoms with Gasteiger partial charge in [0.15, 0.2) is 11.5 Å². The molecule has 0 aromatic heterocycles. The van der Waals surface area contributed by atoms with E-state index >= 15 is 0 Å². The summed E-state index contributed by atoms with van der Waals surface area (Å²) in [7, 11) is 2.97. The van der Waals surface area contributed by atoms with Crippen LogP contribution in [0.1, 0.15) is 52.0 Å². The molecule has 46 heavy (non-hydrogen) atoms. The number of hydrogen-bond donors (Lipinski definition) is 3. The number of ether oxygens (including phenoxy) is 4. The highest BCUT2D eigenvalue weighted by Crippen LogP contribution is 2.48. The summed E-state index contributed by atoms with van der Waals surface area (Å²) in [5, 5.41) is 17.5. The molecule has 1 saturated carbocycles. The summed E-state index contributed by atoms with van der Waals surface area (Å²) in [6.07, 6.45) is 0.427. The summed E-state index contributed by atoms with van der Waals surface area (Å²) in [6, 6.07) is 18.9. The lowest BCUT2D eigenvalue weighted by Crippen LogP contribution is -2.56. The molecule has 3 aromatic rings. The van der Waals surface area contributed by atoms with Crippen molar-refractivity contribution in [3.63, 3.8) is 0 Å². The number of nitrogens with one attached hydrogen (secondary N) is 2. The molecule has 4 atom stereocenters. The van der Waals surface area contributed by atoms with Gasteiger partial charge in [-0.2, -0.15) is 0 Å². The van der Waals surface area contributed by atoms with E-state index < -0.39 is 47.4 Å². The summed E-state index contributed by atoms with van der Waals surface area (Å²) in [6.45, 7) is 8.31. The maximum Gasteiger partial charge on any atom is 0.235 e. The zero-order chi connectivity index (χ0) is 33.4. The van der Waals surface area contributed by atoms with Gasteiger partial charge in [0, 0.05) is 12.3 Å². The molecule has 1 aliphatic carbocycles. The van der Waals surface area contributed by atoms with E-state index in [1.807, 2.05) is 6.92 Å². The van der Waals surface area contributed by atoms with E-state index in [1.165, 1.54) is 21.1 Å². The fourth-order valence-corrected chi connectivity index (χ4v) is 5.93. The quantitative estimate of drug-likeness (QED) is 0.200. The Labute approximate surface area is 270 Å². The summed E-state index contributed by atoms with van der Waals surface area (Å²) in [5.74, 6) is -3.15. The summed E-state index contributed by atoms with van der Waals surface area (Å²) >= 11 is 0. The average molecular weight is 633 g/mol. The number of aliphatic hydroxyl groups is 1. The molecule has 4 unspecified atom stereocenters. The highest BCUT2D eigenvalue weighted by atomic mass is 16.5. The number of methoxy groups -OCH3 is 2. The smallest absolute Gasteiger partial charge is 0.235 e. The highest BCUT2D eigenvalue weighted by molar-refractivity contribution is 6.11. The molecule has 246 valence electrons. The molecule has 10 heteroatoms. The molecule has 0 bridgehead atoms. The number of carbonyl (C=O) groups is 3. The second-order valence-corrected chi connectivity index (χ2v) is 12.0. The molecule has 0 spiro atoms. The van der Waals surface area contributed by atoms with Crippen LogP contribution in [0.15, 0.2) is 66.7 Å². The van der Waals surface area contributed by atoms with Crippen LogP contribution in [0.2, 0.25) is 0 Å². The SMILES string of the molecule is CCOc1cc(C2C(C(=O)Nc3ccccc3OC)C(=O)CC(C)(O)C2C(=O)Nc2ccccc2OC)ccc1OCCC(C)C. The van der Waals surface area contributed by atoms with Gasteiger partial charge in [-0.25, -0.2) is 0 Å². The summed E-state index contributed by atoms with van der Waals surface area (Å²) in [5.41, 5.74) is -0.570. The van der Waals surface area contributed by atoms with E-state index in [2.05, 4.69) is 24.5 Å². The number of amides is 2. The number of Topliss-reactive ketones (excluding diaryl/α,β-unsaturated/α-hetero) is 1. The van der Waals surface area contributed by atoms with Gasteiger partial charge in [0.1, 0.15) is 23.2 Å². The number of benzene rings is 3. The van der Waals surface area contributed by atoms with Gasteiger partial charge in [0.05, 0.1) is 50.3 Å². The number of para-hydroxylation sites is 4. The van der Waals surface area contributed by atoms with Gasteiger partial charge < -0.3 is 34.7 Å². The van der Waals surface area contributed by atoms with Crippen LogP contribution in [-0.4, -0.2) is 55.7 Å². The van der Waals surface area contributed by atoms with Crippen LogP contribution in [0.5, 0.6) is 23.0 Å². The highest BCUT2D eigenvalue weighted by Gasteiger charge is 2.56. The summed E-state index contributed by atoms with van der Waals surface area (Å²) < 4.78 is 22.8. The molecule has 0 radical (unpaired) electrons. The molecule has 1 fully saturated rings. The van der Waals surface area contributed by atoms with Crippen LogP contribution in [0.3, 0.4) is 0 Å². The number of anilines is 2. The third-order valence-electron chi connectivity index (χ3n) is 8.17. The third-order valence-corrected chi connectivity index (χ3v) is 8.17. The Bertz CT molecular complexity index is 1540. The molecule has 2 amide bonds. The largest absolute Gasteiger partial charge is 0.495 e. The zero-order valence-corrected chi connectivity index (χ0v) is 27.3. The van der Waals surface area contributed by atoms with Gasteiger partial charge in [0.25, 0.3) is 0 Å². The predicted molar refractivity (Wildman–Crippen MR) is 176 cm³/mol. The van der Waals surface area contributed by atoms with Gasteiger partial charge in [-0.15, -0.1) is 0 Å². The van der Waals surface area contributed by atoms with Gasteiger partial charge in [0.2, 0.25) is 11.8 Å². The molecular weight excluding hydrogens is 588 g/mol. The standard InChI is InChI=1S/C36H44N2O8/c1-7-45-30-20-23(16-17-29(30)46-19-18-22(2)3)31-32(34(40)37-24-12-8-10-14-27(24)43-5)26(39)21-36(4,42)33(31)35(41)38-25-13-9-11-15-28(25)44-6/h8-17,20,22,31-33,42H,7,18-19,21H2,1-6H3,(H,37,40)(H,38,41). The first-order valence-electron chi connectivity index (χ1n) is 15.5. The van der Waals surface area contributed by atoms with Gasteiger partial charge in [-0.3, -0.25) is 14.4 Å². The first-order valence-corrected chi connectivity index (χ1v) is 15.5. The lowest BCUT2D eigenvalue weighted by atomic mass is 9.61. The fourth-order valence-electron chi connectivity index (χ4n) is 5.93. The van der Waals surface area contributed by atoms with Crippen molar-refractivity contribution < 1.29 is 38.4 Å². The van der Waals surface area contributed by atoms with Crippen molar-refractivity contribution in [2.75, 3.05) is 38.1 Å². The second kappa shape index (κ2) is 15.1. The third kappa shape index (κ3) is 7.80. The van der Waals surface area contributed by atoms with Crippen molar-refractivity contribution in [3.05, 3.63) is 72.3 Å². The van der Waals surface area contributed by atoms with Crippen LogP contribution < -0.4 is 29.6 Å². The summed E-state index contributed by atoms with van der Waals surface area (Å²) in [4.78, 5) is 42.1. The Kier molecular flexibility index (Phi) is 11.3. The maximum absolute atomic E-state index is 14.2. The van der Waals surface area contributed by atoms with Crippen molar-refractivity contribution in [1.29, 1.82) is 0 Å². The van der Waals surface area contributed by atoms with E-state index in [0.29, 0.717) is 59.1 Å². The van der Waals surface area contributed by atoms with Gasteiger partial charge >= 0.3 is 0 Å². The van der Waals surface area contributed by atoms with Crippen LogP contribution in [-0.2, 0) is 14.4 Å². The van der Waals surface area contributed by atoms with Crippen molar-refractivity contribution in [3.8, 4) is 23.0 Å². The topological polar surface area (TPSA) is 132 Å². The van der Waals surface area contributed by atoms with Gasteiger partial charge in [-0.05, 0) is 68.1 Å². The molecule has 10 nitrogen and oxygen atoms in total. The fraction of sp³-hybridized carbons (Fsp3) is 0.417. The lowest BCUT2D eigenvalue weighted by Gasteiger charge is -2.44. The minimum atomic E-state index is -1.80. The van der Waals surface area contributed by atoms with Crippen molar-refractivity contribution in [2.24, 2.45) is 17.8 Å². The van der Waals surface area contributed by atoms with E-state index in [4.69, 9.17) is 18.9 Å². The number of rotatable bonds is 13. The molecule has 0 saturated heterocycles. The zero-order valence-electron chi connectivity index (χ0n) is 27.3. The second-order valence-electron chi connectivity index (χ2n) is 12.0. The maximum atomic E-state index is 14.2. The first-order chi connectivity index (χ1) is 22.0. The van der Waals surface area contributed by atoms with Crippen molar-refractivity contribution in [1.82, 2.24) is 0 Å². The average Bonchev–Trinajstić information content (AvgIpc) is 3.01. The molecule has 3 aromatic carbocycles. The molecule has 1 aliphatic rings. The van der Waals surface area contributed by atoms with Crippen LogP contribution in [0, 0.1) is 17.8 Å². The number of ketones is 1. The minimum Gasteiger partial charge on any atom is -0.495 e. The van der Waals surface area contributed by atoms with Crippen LogP contribution >= 0.6 is 0 Å². The minimum absolute atomic E-state index is 0.334. The Balaban J connectivity index is 1.83. The molecule has 4 rings (SSSR count). The van der Waals surface area contributed by atoms with Crippen LogP contribution in [0.25, 0.3) is 0 Å². The molecule has 0 heterocycles. The number of carbonyl (C=O) groups excluding carboxylic acids is 3. The van der Waals surface area contributed by atoms with E-state index in [1.54, 1.807) is 66.7 Å².